The molecule has 2 atom stereocenters. The van der Waals surface area contributed by atoms with Gasteiger partial charge < -0.3 is 10.1 Å². The van der Waals surface area contributed by atoms with Gasteiger partial charge in [-0.2, -0.15) is 0 Å². The van der Waals surface area contributed by atoms with Crippen LogP contribution in [-0.2, 0) is 22.9 Å². The Balaban J connectivity index is 1.54. The first-order chi connectivity index (χ1) is 15.2. The van der Waals surface area contributed by atoms with E-state index in [0.29, 0.717) is 23.8 Å². The zero-order valence-electron chi connectivity index (χ0n) is 18.2. The van der Waals surface area contributed by atoms with Crippen LogP contribution in [-0.4, -0.2) is 33.4 Å². The van der Waals surface area contributed by atoms with Crippen molar-refractivity contribution in [2.75, 3.05) is 20.2 Å². The third-order valence-corrected chi connectivity index (χ3v) is 9.19. The van der Waals surface area contributed by atoms with Gasteiger partial charge in [0.25, 0.3) is 0 Å². The van der Waals surface area contributed by atoms with E-state index in [9.17, 15) is 12.8 Å². The summed E-state index contributed by atoms with van der Waals surface area (Å²) in [5.74, 6) is 0.313. The molecular formula is C24H30ClFN2O3S. The highest BCUT2D eigenvalue weighted by Gasteiger charge is 2.46. The van der Waals surface area contributed by atoms with Crippen molar-refractivity contribution >= 4 is 21.6 Å². The number of rotatable bonds is 9. The van der Waals surface area contributed by atoms with Crippen LogP contribution in [0.1, 0.15) is 48.3 Å². The highest BCUT2D eigenvalue weighted by Crippen LogP contribution is 2.44. The van der Waals surface area contributed by atoms with Gasteiger partial charge in [-0.1, -0.05) is 30.2 Å². The number of fused-ring (bicyclic) bond motifs is 1. The van der Waals surface area contributed by atoms with E-state index >= 15 is 0 Å². The zero-order chi connectivity index (χ0) is 22.9. The highest BCUT2D eigenvalue weighted by atomic mass is 35.5. The number of halogens is 2. The van der Waals surface area contributed by atoms with Gasteiger partial charge in [-0.25, -0.2) is 17.9 Å². The van der Waals surface area contributed by atoms with E-state index in [1.165, 1.54) is 0 Å². The molecule has 2 aromatic carbocycles. The first-order valence-electron chi connectivity index (χ1n) is 11.1. The quantitative estimate of drug-likeness (QED) is 0.564. The minimum atomic E-state index is -3.65. The second-order valence-corrected chi connectivity index (χ2v) is 11.5. The SMILES string of the molecule is CNCC1Cc2cc(F)c(OCCC3(S(N)(=O)=O)CCC3)cc2C1Cc1cccc(Cl)c1. The van der Waals surface area contributed by atoms with E-state index in [1.54, 1.807) is 12.1 Å². The molecule has 174 valence electrons. The molecule has 1 saturated carbocycles. The average Bonchev–Trinajstić information content (AvgIpc) is 2.99. The Morgan fingerprint density at radius 2 is 2.06 bits per heavy atom. The third kappa shape index (κ3) is 4.67. The minimum Gasteiger partial charge on any atom is -0.490 e. The Labute approximate surface area is 194 Å². The molecule has 0 spiro atoms. The molecule has 0 amide bonds. The lowest BCUT2D eigenvalue weighted by molar-refractivity contribution is 0.231. The smallest absolute Gasteiger partial charge is 0.214 e. The normalized spacial score (nSPS) is 21.8. The van der Waals surface area contributed by atoms with Crippen LogP contribution in [0.2, 0.25) is 5.02 Å². The lowest BCUT2D eigenvalue weighted by Crippen LogP contribution is -2.49. The molecule has 0 aromatic heterocycles. The molecule has 2 unspecified atom stereocenters. The number of hydrogen-bond acceptors (Lipinski definition) is 4. The van der Waals surface area contributed by atoms with Crippen LogP contribution in [0.4, 0.5) is 4.39 Å². The molecule has 2 aliphatic rings. The number of hydrogen-bond donors (Lipinski definition) is 2. The fourth-order valence-electron chi connectivity index (χ4n) is 5.19. The fourth-order valence-corrected chi connectivity index (χ4v) is 6.63. The van der Waals surface area contributed by atoms with E-state index in [4.69, 9.17) is 21.5 Å². The summed E-state index contributed by atoms with van der Waals surface area (Å²) < 4.78 is 43.6. The lowest BCUT2D eigenvalue weighted by Gasteiger charge is -2.39. The molecule has 2 aliphatic carbocycles. The Kier molecular flexibility index (Phi) is 6.82. The van der Waals surface area contributed by atoms with Crippen LogP contribution in [0.3, 0.4) is 0 Å². The van der Waals surface area contributed by atoms with Crippen molar-refractivity contribution in [1.82, 2.24) is 5.32 Å². The monoisotopic (exact) mass is 480 g/mol. The number of nitrogens with two attached hydrogens (primary N) is 1. The molecule has 0 bridgehead atoms. The second kappa shape index (κ2) is 9.29. The predicted molar refractivity (Wildman–Crippen MR) is 125 cm³/mol. The van der Waals surface area contributed by atoms with Gasteiger partial charge >= 0.3 is 0 Å². The van der Waals surface area contributed by atoms with Crippen LogP contribution in [0.5, 0.6) is 5.75 Å². The summed E-state index contributed by atoms with van der Waals surface area (Å²) >= 11 is 6.18. The maximum absolute atomic E-state index is 14.8. The van der Waals surface area contributed by atoms with E-state index in [-0.39, 0.29) is 24.7 Å². The number of primary sulfonamides is 1. The summed E-state index contributed by atoms with van der Waals surface area (Å²) in [5, 5.41) is 9.39. The van der Waals surface area contributed by atoms with Gasteiger partial charge in [0.1, 0.15) is 0 Å². The summed E-state index contributed by atoms with van der Waals surface area (Å²) in [6, 6.07) is 11.2. The molecule has 3 N–H and O–H groups in total. The van der Waals surface area contributed by atoms with Gasteiger partial charge in [-0.3, -0.25) is 0 Å². The van der Waals surface area contributed by atoms with Crippen molar-refractivity contribution in [3.63, 3.8) is 0 Å². The molecule has 0 heterocycles. The summed E-state index contributed by atoms with van der Waals surface area (Å²) in [6.45, 7) is 0.944. The largest absolute Gasteiger partial charge is 0.490 e. The standard InChI is InChI=1S/C24H30ClFN2O3S/c1-28-15-18-12-17-13-22(26)23(31-9-8-24(6-3-7-24)32(27,29)30)14-21(17)20(18)11-16-4-2-5-19(25)10-16/h2,4-5,10,13-14,18,20,28H,3,6-9,11-12,15H2,1H3,(H2,27,29,30). The van der Waals surface area contributed by atoms with Crippen LogP contribution in [0.15, 0.2) is 36.4 Å². The number of nitrogens with one attached hydrogen (secondary N) is 1. The van der Waals surface area contributed by atoms with Crippen LogP contribution in [0.25, 0.3) is 0 Å². The van der Waals surface area contributed by atoms with Crippen molar-refractivity contribution in [2.24, 2.45) is 11.1 Å². The van der Waals surface area contributed by atoms with Crippen LogP contribution >= 0.6 is 11.6 Å². The van der Waals surface area contributed by atoms with Crippen molar-refractivity contribution in [1.29, 1.82) is 0 Å². The summed E-state index contributed by atoms with van der Waals surface area (Å²) in [7, 11) is -1.73. The second-order valence-electron chi connectivity index (χ2n) is 9.12. The minimum absolute atomic E-state index is 0.116. The molecule has 1 fully saturated rings. The number of sulfonamides is 1. The molecular weight excluding hydrogens is 451 g/mol. The van der Waals surface area contributed by atoms with Gasteiger partial charge in [0.2, 0.25) is 10.0 Å². The molecule has 0 saturated heterocycles. The van der Waals surface area contributed by atoms with Gasteiger partial charge in [-0.15, -0.1) is 0 Å². The molecule has 0 radical (unpaired) electrons. The Morgan fingerprint density at radius 3 is 2.69 bits per heavy atom. The Bertz CT molecular complexity index is 1090. The predicted octanol–water partition coefficient (Wildman–Crippen LogP) is 4.18. The molecule has 8 heteroatoms. The maximum Gasteiger partial charge on any atom is 0.214 e. The van der Waals surface area contributed by atoms with Gasteiger partial charge in [-0.05, 0) is 92.1 Å². The Hall–Kier alpha value is -1.67. The van der Waals surface area contributed by atoms with E-state index in [0.717, 1.165) is 42.5 Å². The average molecular weight is 481 g/mol. The van der Waals surface area contributed by atoms with Crippen molar-refractivity contribution < 1.29 is 17.5 Å². The number of benzene rings is 2. The highest BCUT2D eigenvalue weighted by molar-refractivity contribution is 7.90. The summed E-state index contributed by atoms with van der Waals surface area (Å²) in [5.41, 5.74) is 3.23. The van der Waals surface area contributed by atoms with Gasteiger partial charge in [0, 0.05) is 11.4 Å². The maximum atomic E-state index is 14.8. The van der Waals surface area contributed by atoms with Crippen LogP contribution < -0.4 is 15.2 Å². The lowest BCUT2D eigenvalue weighted by atomic mass is 9.82. The molecule has 32 heavy (non-hydrogen) atoms. The third-order valence-electron chi connectivity index (χ3n) is 7.14. The van der Waals surface area contributed by atoms with E-state index in [2.05, 4.69) is 11.4 Å². The molecule has 4 rings (SSSR count). The van der Waals surface area contributed by atoms with Crippen molar-refractivity contribution in [2.45, 2.75) is 49.2 Å². The van der Waals surface area contributed by atoms with Gasteiger partial charge in [0.05, 0.1) is 11.4 Å². The van der Waals surface area contributed by atoms with Crippen LogP contribution in [0, 0.1) is 11.7 Å². The zero-order valence-corrected chi connectivity index (χ0v) is 19.8. The Morgan fingerprint density at radius 1 is 1.28 bits per heavy atom. The molecule has 0 aliphatic heterocycles. The van der Waals surface area contributed by atoms with Crippen molar-refractivity contribution in [3.8, 4) is 5.75 Å². The summed E-state index contributed by atoms with van der Waals surface area (Å²) in [4.78, 5) is 0. The first kappa shape index (κ1) is 23.5. The topological polar surface area (TPSA) is 81.4 Å². The first-order valence-corrected chi connectivity index (χ1v) is 13.0. The van der Waals surface area contributed by atoms with Crippen molar-refractivity contribution in [3.05, 3.63) is 63.9 Å². The molecule has 5 nitrogen and oxygen atoms in total. The van der Waals surface area contributed by atoms with E-state index in [1.807, 2.05) is 25.2 Å². The summed E-state index contributed by atoms with van der Waals surface area (Å²) in [6.07, 6.45) is 3.79. The molecule has 2 aromatic rings. The fraction of sp³-hybridized carbons (Fsp3) is 0.500. The number of ether oxygens (including phenoxy) is 1. The van der Waals surface area contributed by atoms with Gasteiger partial charge in [0.15, 0.2) is 11.6 Å². The van der Waals surface area contributed by atoms with E-state index < -0.39 is 20.6 Å².